The van der Waals surface area contributed by atoms with E-state index in [0.717, 1.165) is 28.7 Å². The predicted molar refractivity (Wildman–Crippen MR) is 93.6 cm³/mol. The molecule has 5 nitrogen and oxygen atoms in total. The van der Waals surface area contributed by atoms with Gasteiger partial charge in [-0.25, -0.2) is 4.68 Å². The van der Waals surface area contributed by atoms with Crippen LogP contribution in [-0.2, 0) is 0 Å². The molecule has 0 aliphatic carbocycles. The number of hydrogen-bond donors (Lipinski definition) is 1. The van der Waals surface area contributed by atoms with Crippen molar-refractivity contribution >= 4 is 17.5 Å². The van der Waals surface area contributed by atoms with Gasteiger partial charge in [-0.1, -0.05) is 41.9 Å². The first-order valence-electron chi connectivity index (χ1n) is 7.80. The van der Waals surface area contributed by atoms with Crippen LogP contribution < -0.4 is 10.1 Å². The number of nitrogens with one attached hydrogen (secondary N) is 1. The molecule has 1 aliphatic rings. The molecule has 2 heterocycles. The summed E-state index contributed by atoms with van der Waals surface area (Å²) in [5.74, 6) is 1.60. The Kier molecular flexibility index (Phi) is 3.86. The second-order valence-corrected chi connectivity index (χ2v) is 6.18. The summed E-state index contributed by atoms with van der Waals surface area (Å²) in [5, 5.41) is 8.58. The first kappa shape index (κ1) is 15.0. The Morgan fingerprint density at radius 3 is 2.71 bits per heavy atom. The van der Waals surface area contributed by atoms with Gasteiger partial charge in [0.25, 0.3) is 0 Å². The Balaban J connectivity index is 1.72. The first-order valence-corrected chi connectivity index (χ1v) is 8.18. The number of anilines is 1. The van der Waals surface area contributed by atoms with Crippen molar-refractivity contribution in [3.8, 4) is 5.75 Å². The van der Waals surface area contributed by atoms with Crippen LogP contribution >= 0.6 is 11.6 Å². The molecule has 2 aromatic carbocycles. The van der Waals surface area contributed by atoms with E-state index in [0.29, 0.717) is 0 Å². The van der Waals surface area contributed by atoms with E-state index in [9.17, 15) is 0 Å². The molecule has 0 bridgehead atoms. The van der Waals surface area contributed by atoms with Crippen molar-refractivity contribution in [2.45, 2.75) is 18.5 Å². The van der Waals surface area contributed by atoms with Crippen LogP contribution in [0.4, 0.5) is 5.95 Å². The van der Waals surface area contributed by atoms with Gasteiger partial charge in [-0.05, 0) is 35.7 Å². The predicted octanol–water partition coefficient (Wildman–Crippen LogP) is 4.09. The zero-order valence-corrected chi connectivity index (χ0v) is 13.9. The summed E-state index contributed by atoms with van der Waals surface area (Å²) < 4.78 is 7.15. The Bertz CT molecular complexity index is 846. The van der Waals surface area contributed by atoms with Crippen molar-refractivity contribution in [2.75, 3.05) is 12.4 Å². The average molecular weight is 341 g/mol. The number of methoxy groups -OCH3 is 1. The number of benzene rings is 2. The highest BCUT2D eigenvalue weighted by Gasteiger charge is 2.30. The standard InChI is InChI=1S/C18H17ClN4O/c1-24-13-8-6-12(7-9-13)16-10-17(14-4-2-3-5-15(14)19)23-18(22-16)20-11-21-23/h2-9,11,16-17H,10H2,1H3,(H,20,21,22)/t16-,17+/m1/s1. The first-order chi connectivity index (χ1) is 11.8. The van der Waals surface area contributed by atoms with Gasteiger partial charge in [-0.3, -0.25) is 0 Å². The molecule has 6 heteroatoms. The zero-order chi connectivity index (χ0) is 16.5. The molecule has 24 heavy (non-hydrogen) atoms. The lowest BCUT2D eigenvalue weighted by Gasteiger charge is -2.32. The maximum atomic E-state index is 6.43. The Morgan fingerprint density at radius 1 is 1.17 bits per heavy atom. The largest absolute Gasteiger partial charge is 0.497 e. The molecule has 1 aromatic heterocycles. The molecule has 0 saturated carbocycles. The zero-order valence-electron chi connectivity index (χ0n) is 13.2. The Hall–Kier alpha value is -2.53. The molecule has 0 amide bonds. The molecular formula is C18H17ClN4O. The summed E-state index contributed by atoms with van der Waals surface area (Å²) in [7, 11) is 1.67. The second-order valence-electron chi connectivity index (χ2n) is 5.77. The van der Waals surface area contributed by atoms with E-state index >= 15 is 0 Å². The minimum absolute atomic E-state index is 0.0459. The van der Waals surface area contributed by atoms with Crippen molar-refractivity contribution < 1.29 is 4.74 Å². The van der Waals surface area contributed by atoms with Gasteiger partial charge in [-0.15, -0.1) is 0 Å². The van der Waals surface area contributed by atoms with Crippen LogP contribution in [0.15, 0.2) is 54.9 Å². The Labute approximate surface area is 145 Å². The summed E-state index contributed by atoms with van der Waals surface area (Å²) in [6.07, 6.45) is 2.41. The number of nitrogens with zero attached hydrogens (tertiary/aromatic N) is 3. The lowest BCUT2D eigenvalue weighted by atomic mass is 9.93. The molecular weight excluding hydrogens is 324 g/mol. The van der Waals surface area contributed by atoms with Crippen LogP contribution in [0.1, 0.15) is 29.6 Å². The summed E-state index contributed by atoms with van der Waals surface area (Å²) in [4.78, 5) is 4.34. The van der Waals surface area contributed by atoms with Crippen LogP contribution in [0.3, 0.4) is 0 Å². The van der Waals surface area contributed by atoms with E-state index in [1.54, 1.807) is 13.4 Å². The lowest BCUT2D eigenvalue weighted by molar-refractivity contribution is 0.413. The molecule has 0 fully saturated rings. The quantitative estimate of drug-likeness (QED) is 0.780. The Morgan fingerprint density at radius 2 is 1.96 bits per heavy atom. The average Bonchev–Trinajstić information content (AvgIpc) is 3.10. The smallest absolute Gasteiger partial charge is 0.222 e. The van der Waals surface area contributed by atoms with Gasteiger partial charge < -0.3 is 10.1 Å². The number of aromatic nitrogens is 3. The van der Waals surface area contributed by atoms with Crippen molar-refractivity contribution in [3.05, 3.63) is 71.0 Å². The van der Waals surface area contributed by atoms with Crippen molar-refractivity contribution in [1.29, 1.82) is 0 Å². The van der Waals surface area contributed by atoms with Gasteiger partial charge in [0.05, 0.1) is 19.2 Å². The number of ether oxygens (including phenoxy) is 1. The van der Waals surface area contributed by atoms with Crippen LogP contribution in [0, 0.1) is 0 Å². The van der Waals surface area contributed by atoms with E-state index < -0.39 is 0 Å². The molecule has 0 spiro atoms. The highest BCUT2D eigenvalue weighted by atomic mass is 35.5. The fourth-order valence-electron chi connectivity index (χ4n) is 3.18. The molecule has 0 saturated heterocycles. The number of fused-ring (bicyclic) bond motifs is 1. The minimum Gasteiger partial charge on any atom is -0.497 e. The molecule has 1 N–H and O–H groups in total. The van der Waals surface area contributed by atoms with Gasteiger partial charge in [0.15, 0.2) is 0 Å². The second kappa shape index (κ2) is 6.17. The van der Waals surface area contributed by atoms with E-state index in [4.69, 9.17) is 16.3 Å². The normalized spacial score (nSPS) is 19.4. The fraction of sp³-hybridized carbons (Fsp3) is 0.222. The topological polar surface area (TPSA) is 52.0 Å². The van der Waals surface area contributed by atoms with Gasteiger partial charge in [0.1, 0.15) is 12.1 Å². The SMILES string of the molecule is COc1ccc([C@H]2C[C@@H](c3ccccc3Cl)n3ncnc3N2)cc1. The minimum atomic E-state index is 0.0459. The third-order valence-electron chi connectivity index (χ3n) is 4.41. The van der Waals surface area contributed by atoms with E-state index in [2.05, 4.69) is 33.6 Å². The molecule has 3 aromatic rings. The molecule has 4 rings (SSSR count). The third kappa shape index (κ3) is 2.61. The summed E-state index contributed by atoms with van der Waals surface area (Å²) in [6, 6.07) is 16.2. The number of hydrogen-bond acceptors (Lipinski definition) is 4. The van der Waals surface area contributed by atoms with Gasteiger partial charge in [-0.2, -0.15) is 10.1 Å². The highest BCUT2D eigenvalue weighted by molar-refractivity contribution is 6.31. The van der Waals surface area contributed by atoms with Crippen LogP contribution in [-0.4, -0.2) is 21.9 Å². The molecule has 0 radical (unpaired) electrons. The monoisotopic (exact) mass is 340 g/mol. The summed E-state index contributed by atoms with van der Waals surface area (Å²) >= 11 is 6.43. The van der Waals surface area contributed by atoms with Crippen molar-refractivity contribution in [3.63, 3.8) is 0 Å². The molecule has 122 valence electrons. The summed E-state index contributed by atoms with van der Waals surface area (Å²) in [5.41, 5.74) is 2.24. The van der Waals surface area contributed by atoms with Gasteiger partial charge in [0, 0.05) is 5.02 Å². The van der Waals surface area contributed by atoms with E-state index in [1.165, 1.54) is 5.56 Å². The highest BCUT2D eigenvalue weighted by Crippen LogP contribution is 2.39. The number of halogens is 1. The lowest BCUT2D eigenvalue weighted by Crippen LogP contribution is -2.28. The van der Waals surface area contributed by atoms with E-state index in [1.807, 2.05) is 35.0 Å². The van der Waals surface area contributed by atoms with Crippen molar-refractivity contribution in [2.24, 2.45) is 0 Å². The molecule has 1 aliphatic heterocycles. The molecule has 0 unspecified atom stereocenters. The van der Waals surface area contributed by atoms with Gasteiger partial charge >= 0.3 is 0 Å². The maximum absolute atomic E-state index is 6.43. The van der Waals surface area contributed by atoms with Crippen LogP contribution in [0.25, 0.3) is 0 Å². The summed E-state index contributed by atoms with van der Waals surface area (Å²) in [6.45, 7) is 0. The molecule has 2 atom stereocenters. The maximum Gasteiger partial charge on any atom is 0.222 e. The number of rotatable bonds is 3. The fourth-order valence-corrected chi connectivity index (χ4v) is 3.44. The van der Waals surface area contributed by atoms with Crippen LogP contribution in [0.2, 0.25) is 5.02 Å². The third-order valence-corrected chi connectivity index (χ3v) is 4.76. The van der Waals surface area contributed by atoms with Gasteiger partial charge in [0.2, 0.25) is 5.95 Å². The van der Waals surface area contributed by atoms with E-state index in [-0.39, 0.29) is 12.1 Å². The van der Waals surface area contributed by atoms with Crippen LogP contribution in [0.5, 0.6) is 5.75 Å². The van der Waals surface area contributed by atoms with Crippen molar-refractivity contribution in [1.82, 2.24) is 14.8 Å².